The Morgan fingerprint density at radius 2 is 1.57 bits per heavy atom. The second-order valence-corrected chi connectivity index (χ2v) is 9.64. The van der Waals surface area contributed by atoms with Gasteiger partial charge in [-0.15, -0.1) is 0 Å². The van der Waals surface area contributed by atoms with Crippen molar-refractivity contribution in [2.75, 3.05) is 15.5 Å². The van der Waals surface area contributed by atoms with Gasteiger partial charge in [-0.1, -0.05) is 35.4 Å². The normalized spacial score (nSPS) is 13.9. The second-order valence-electron chi connectivity index (χ2n) is 7.70. The number of halogens is 1. The first-order chi connectivity index (χ1) is 16.5. The van der Waals surface area contributed by atoms with Gasteiger partial charge in [0.25, 0.3) is 17.7 Å². The molecule has 1 heterocycles. The van der Waals surface area contributed by atoms with E-state index in [1.165, 1.54) is 30.3 Å². The third-order valence-electron chi connectivity index (χ3n) is 5.15. The maximum atomic E-state index is 12.9. The van der Waals surface area contributed by atoms with Crippen molar-refractivity contribution in [3.63, 3.8) is 0 Å². The number of amides is 3. The molecule has 1 aliphatic rings. The van der Waals surface area contributed by atoms with Gasteiger partial charge in [-0.25, -0.2) is 18.5 Å². The molecule has 0 atom stereocenters. The highest BCUT2D eigenvalue weighted by molar-refractivity contribution is 7.89. The number of hydrogen-bond donors (Lipinski definition) is 3. The number of aryl methyl sites for hydroxylation is 1. The van der Waals surface area contributed by atoms with Crippen molar-refractivity contribution < 1.29 is 22.8 Å². The van der Waals surface area contributed by atoms with Gasteiger partial charge < -0.3 is 10.6 Å². The molecule has 0 saturated heterocycles. The highest BCUT2D eigenvalue weighted by atomic mass is 35.5. The Hall–Kier alpha value is -3.99. The van der Waals surface area contributed by atoms with Crippen molar-refractivity contribution in [2.24, 2.45) is 5.14 Å². The molecule has 3 aromatic rings. The standard InChI is InChI=1S/C24H19ClN4O5S/c1-14-5-9-18(10-6-14)29-23(31)20(25)21(24(29)32)27-17-4-2-3-15(13-17)22(30)28-16-7-11-19(12-8-16)35(26,33)34/h2-13,27H,1H3,(H,28,30)(H2,26,33,34). The lowest BCUT2D eigenvalue weighted by Gasteiger charge is -2.15. The van der Waals surface area contributed by atoms with Crippen LogP contribution in [0, 0.1) is 6.92 Å². The van der Waals surface area contributed by atoms with Crippen molar-refractivity contribution in [3.8, 4) is 0 Å². The number of imide groups is 1. The molecule has 178 valence electrons. The largest absolute Gasteiger partial charge is 0.350 e. The minimum absolute atomic E-state index is 0.0812. The van der Waals surface area contributed by atoms with Gasteiger partial charge in [0.1, 0.15) is 10.7 Å². The molecule has 0 fully saturated rings. The molecular formula is C24H19ClN4O5S. The van der Waals surface area contributed by atoms with E-state index in [1.54, 1.807) is 42.5 Å². The number of hydrogen-bond acceptors (Lipinski definition) is 6. The summed E-state index contributed by atoms with van der Waals surface area (Å²) in [5, 5.41) is 10.3. The first-order valence-electron chi connectivity index (χ1n) is 10.2. The quantitative estimate of drug-likeness (QED) is 0.435. The van der Waals surface area contributed by atoms with E-state index in [1.807, 2.05) is 6.92 Å². The fourth-order valence-electron chi connectivity index (χ4n) is 3.35. The van der Waals surface area contributed by atoms with E-state index < -0.39 is 27.7 Å². The molecule has 0 saturated carbocycles. The Balaban J connectivity index is 1.51. The Morgan fingerprint density at radius 3 is 2.20 bits per heavy atom. The number of primary sulfonamides is 1. The van der Waals surface area contributed by atoms with Gasteiger partial charge in [0.15, 0.2) is 0 Å². The minimum Gasteiger partial charge on any atom is -0.350 e. The van der Waals surface area contributed by atoms with Crippen LogP contribution in [-0.2, 0) is 19.6 Å². The molecule has 1 aliphatic heterocycles. The monoisotopic (exact) mass is 510 g/mol. The van der Waals surface area contributed by atoms with Crippen LogP contribution in [0.15, 0.2) is 88.4 Å². The van der Waals surface area contributed by atoms with E-state index in [0.29, 0.717) is 17.1 Å². The number of carbonyl (C=O) groups is 3. The Labute approximate surface area is 206 Å². The Bertz CT molecular complexity index is 1480. The van der Waals surface area contributed by atoms with E-state index in [0.717, 1.165) is 10.5 Å². The third kappa shape index (κ3) is 5.09. The van der Waals surface area contributed by atoms with Gasteiger partial charge >= 0.3 is 0 Å². The third-order valence-corrected chi connectivity index (χ3v) is 6.43. The molecule has 11 heteroatoms. The van der Waals surface area contributed by atoms with Crippen LogP contribution in [0.5, 0.6) is 0 Å². The molecule has 3 amide bonds. The first kappa shape index (κ1) is 24.1. The predicted molar refractivity (Wildman–Crippen MR) is 132 cm³/mol. The summed E-state index contributed by atoms with van der Waals surface area (Å²) >= 11 is 6.18. The maximum Gasteiger partial charge on any atom is 0.283 e. The lowest BCUT2D eigenvalue weighted by atomic mass is 10.1. The topological polar surface area (TPSA) is 139 Å². The summed E-state index contributed by atoms with van der Waals surface area (Å²) in [6, 6.07) is 18.5. The molecule has 3 aromatic carbocycles. The van der Waals surface area contributed by atoms with Crippen molar-refractivity contribution in [2.45, 2.75) is 11.8 Å². The molecule has 0 spiro atoms. The fourth-order valence-corrected chi connectivity index (χ4v) is 4.08. The first-order valence-corrected chi connectivity index (χ1v) is 12.1. The summed E-state index contributed by atoms with van der Waals surface area (Å²) in [4.78, 5) is 39.2. The lowest BCUT2D eigenvalue weighted by Crippen LogP contribution is -2.32. The van der Waals surface area contributed by atoms with Crippen LogP contribution in [-0.4, -0.2) is 26.1 Å². The number of anilines is 3. The van der Waals surface area contributed by atoms with Gasteiger partial charge in [0, 0.05) is 16.9 Å². The zero-order chi connectivity index (χ0) is 25.3. The van der Waals surface area contributed by atoms with Crippen LogP contribution >= 0.6 is 11.6 Å². The van der Waals surface area contributed by atoms with E-state index in [4.69, 9.17) is 16.7 Å². The number of benzene rings is 3. The van der Waals surface area contributed by atoms with Crippen molar-refractivity contribution >= 4 is 56.4 Å². The lowest BCUT2D eigenvalue weighted by molar-refractivity contribution is -0.120. The SMILES string of the molecule is Cc1ccc(N2C(=O)C(Cl)=C(Nc3cccc(C(=O)Nc4ccc(S(N)(=O)=O)cc4)c3)C2=O)cc1. The van der Waals surface area contributed by atoms with Gasteiger partial charge in [-0.05, 0) is 61.5 Å². The average molecular weight is 511 g/mol. The highest BCUT2D eigenvalue weighted by Crippen LogP contribution is 2.30. The number of nitrogens with two attached hydrogens (primary N) is 1. The molecule has 0 radical (unpaired) electrons. The Kier molecular flexibility index (Phi) is 6.44. The summed E-state index contributed by atoms with van der Waals surface area (Å²) in [6.45, 7) is 1.89. The number of carbonyl (C=O) groups excluding carboxylic acids is 3. The number of nitrogens with zero attached hydrogens (tertiary/aromatic N) is 1. The molecule has 0 unspecified atom stereocenters. The molecule has 4 N–H and O–H groups in total. The summed E-state index contributed by atoms with van der Waals surface area (Å²) < 4.78 is 22.7. The van der Waals surface area contributed by atoms with E-state index in [2.05, 4.69) is 10.6 Å². The summed E-state index contributed by atoms with van der Waals surface area (Å²) in [6.07, 6.45) is 0. The van der Waals surface area contributed by atoms with Crippen LogP contribution < -0.4 is 20.7 Å². The predicted octanol–water partition coefficient (Wildman–Crippen LogP) is 3.33. The average Bonchev–Trinajstić information content (AvgIpc) is 3.03. The number of rotatable bonds is 6. The molecule has 4 rings (SSSR count). The van der Waals surface area contributed by atoms with Crippen LogP contribution in [0.4, 0.5) is 17.1 Å². The maximum absolute atomic E-state index is 12.9. The van der Waals surface area contributed by atoms with E-state index in [9.17, 15) is 22.8 Å². The minimum atomic E-state index is -3.85. The second kappa shape index (κ2) is 9.34. The highest BCUT2D eigenvalue weighted by Gasteiger charge is 2.38. The molecule has 0 aliphatic carbocycles. The summed E-state index contributed by atoms with van der Waals surface area (Å²) in [5.74, 6) is -1.75. The fraction of sp³-hybridized carbons (Fsp3) is 0.0417. The van der Waals surface area contributed by atoms with Gasteiger partial charge in [0.2, 0.25) is 10.0 Å². The van der Waals surface area contributed by atoms with Crippen LogP contribution in [0.1, 0.15) is 15.9 Å². The molecule has 0 bridgehead atoms. The zero-order valence-electron chi connectivity index (χ0n) is 18.3. The van der Waals surface area contributed by atoms with Gasteiger partial charge in [-0.2, -0.15) is 0 Å². The van der Waals surface area contributed by atoms with Crippen molar-refractivity contribution in [3.05, 3.63) is 94.7 Å². The molecular weight excluding hydrogens is 492 g/mol. The smallest absolute Gasteiger partial charge is 0.283 e. The van der Waals surface area contributed by atoms with Crippen LogP contribution in [0.25, 0.3) is 0 Å². The van der Waals surface area contributed by atoms with Crippen molar-refractivity contribution in [1.29, 1.82) is 0 Å². The number of nitrogens with one attached hydrogen (secondary N) is 2. The van der Waals surface area contributed by atoms with Crippen LogP contribution in [0.2, 0.25) is 0 Å². The zero-order valence-corrected chi connectivity index (χ0v) is 19.9. The van der Waals surface area contributed by atoms with E-state index >= 15 is 0 Å². The summed E-state index contributed by atoms with van der Waals surface area (Å²) in [5.41, 5.74) is 2.23. The van der Waals surface area contributed by atoms with Crippen molar-refractivity contribution in [1.82, 2.24) is 0 Å². The number of sulfonamides is 1. The molecule has 0 aromatic heterocycles. The summed E-state index contributed by atoms with van der Waals surface area (Å²) in [7, 11) is -3.85. The van der Waals surface area contributed by atoms with Gasteiger partial charge in [-0.3, -0.25) is 14.4 Å². The molecule has 9 nitrogen and oxygen atoms in total. The van der Waals surface area contributed by atoms with Gasteiger partial charge in [0.05, 0.1) is 10.6 Å². The van der Waals surface area contributed by atoms with E-state index in [-0.39, 0.29) is 21.2 Å². The molecule has 35 heavy (non-hydrogen) atoms. The van der Waals surface area contributed by atoms with Crippen LogP contribution in [0.3, 0.4) is 0 Å². The Morgan fingerprint density at radius 1 is 0.914 bits per heavy atom.